The number of pyridine rings is 1. The molecule has 0 spiro atoms. The Morgan fingerprint density at radius 1 is 1.08 bits per heavy atom. The Balaban J connectivity index is 1.64. The molecule has 2 aromatic heterocycles. The van der Waals surface area contributed by atoms with Gasteiger partial charge in [-0.3, -0.25) is 4.79 Å². The average Bonchev–Trinajstić information content (AvgIpc) is 3.03. The van der Waals surface area contributed by atoms with Gasteiger partial charge < -0.3 is 9.14 Å². The van der Waals surface area contributed by atoms with Crippen LogP contribution in [-0.4, -0.2) is 10.2 Å². The maximum Gasteiger partial charge on any atom is 0.182 e. The summed E-state index contributed by atoms with van der Waals surface area (Å²) in [6.07, 6.45) is 7.63. The molecule has 1 aliphatic rings. The molecule has 3 nitrogen and oxygen atoms in total. The van der Waals surface area contributed by atoms with Crippen molar-refractivity contribution in [2.75, 3.05) is 0 Å². The van der Waals surface area contributed by atoms with Gasteiger partial charge in [-0.15, -0.1) is 0 Å². The molecule has 0 saturated heterocycles. The number of ketones is 1. The number of benzene rings is 1. The molecular formula is C23H25NO2. The van der Waals surface area contributed by atoms with Crippen LogP contribution in [-0.2, 0) is 6.61 Å². The van der Waals surface area contributed by atoms with Gasteiger partial charge in [-0.1, -0.05) is 49.6 Å². The maximum absolute atomic E-state index is 13.1. The molecule has 3 aromatic rings. The second kappa shape index (κ2) is 7.36. The van der Waals surface area contributed by atoms with Crippen molar-refractivity contribution in [1.29, 1.82) is 0 Å². The molecule has 1 fully saturated rings. The Kier molecular flexibility index (Phi) is 4.79. The second-order valence-electron chi connectivity index (χ2n) is 7.28. The third kappa shape index (κ3) is 3.26. The Labute approximate surface area is 154 Å². The normalized spacial score (nSPS) is 15.3. The van der Waals surface area contributed by atoms with Crippen LogP contribution in [0.1, 0.15) is 53.7 Å². The Morgan fingerprint density at radius 3 is 2.62 bits per heavy atom. The van der Waals surface area contributed by atoms with Crippen molar-refractivity contribution >= 4 is 11.3 Å². The van der Waals surface area contributed by atoms with Gasteiger partial charge in [-0.05, 0) is 49.1 Å². The lowest BCUT2D eigenvalue weighted by molar-refractivity contribution is 0.0883. The summed E-state index contributed by atoms with van der Waals surface area (Å²) in [6, 6.07) is 16.2. The van der Waals surface area contributed by atoms with Crippen molar-refractivity contribution in [2.45, 2.75) is 45.6 Å². The first-order valence-corrected chi connectivity index (χ1v) is 9.55. The lowest BCUT2D eigenvalue weighted by Crippen LogP contribution is -2.20. The summed E-state index contributed by atoms with van der Waals surface area (Å²) >= 11 is 0. The highest BCUT2D eigenvalue weighted by Gasteiger charge is 2.26. The van der Waals surface area contributed by atoms with Crippen molar-refractivity contribution in [3.63, 3.8) is 0 Å². The van der Waals surface area contributed by atoms with Crippen LogP contribution in [0.3, 0.4) is 0 Å². The van der Waals surface area contributed by atoms with Crippen LogP contribution in [0.4, 0.5) is 0 Å². The Hall–Kier alpha value is -2.55. The number of Topliss-reactive ketones (excluding diaryl/α,β-unsaturated/α-hetero) is 1. The highest BCUT2D eigenvalue weighted by atomic mass is 16.5. The number of hydrogen-bond donors (Lipinski definition) is 0. The van der Waals surface area contributed by atoms with E-state index in [1.54, 1.807) is 0 Å². The quantitative estimate of drug-likeness (QED) is 0.563. The van der Waals surface area contributed by atoms with E-state index in [9.17, 15) is 4.79 Å². The number of aromatic nitrogens is 1. The Bertz CT molecular complexity index is 905. The SMILES string of the molecule is Cc1cc2c(OCc3ccccc3)cccn2c1C(=O)C1CCCCC1. The Morgan fingerprint density at radius 2 is 1.85 bits per heavy atom. The number of carbonyl (C=O) groups is 1. The number of aryl methyl sites for hydroxylation is 1. The van der Waals surface area contributed by atoms with Crippen molar-refractivity contribution < 1.29 is 9.53 Å². The average molecular weight is 347 g/mol. The van der Waals surface area contributed by atoms with Gasteiger partial charge in [0.2, 0.25) is 0 Å². The molecule has 0 N–H and O–H groups in total. The molecule has 0 aliphatic heterocycles. The first-order chi connectivity index (χ1) is 12.7. The zero-order chi connectivity index (χ0) is 17.9. The lowest BCUT2D eigenvalue weighted by atomic mass is 9.84. The lowest BCUT2D eigenvalue weighted by Gasteiger charge is -2.20. The molecule has 26 heavy (non-hydrogen) atoms. The van der Waals surface area contributed by atoms with Gasteiger partial charge >= 0.3 is 0 Å². The molecule has 0 amide bonds. The van der Waals surface area contributed by atoms with Gasteiger partial charge in [0.1, 0.15) is 12.4 Å². The van der Waals surface area contributed by atoms with Crippen LogP contribution < -0.4 is 4.74 Å². The van der Waals surface area contributed by atoms with Gasteiger partial charge in [0.15, 0.2) is 5.78 Å². The fraction of sp³-hybridized carbons (Fsp3) is 0.348. The van der Waals surface area contributed by atoms with Crippen LogP contribution in [0.5, 0.6) is 5.75 Å². The summed E-state index contributed by atoms with van der Waals surface area (Å²) in [6.45, 7) is 2.56. The van der Waals surface area contributed by atoms with Gasteiger partial charge in [0.05, 0.1) is 11.2 Å². The number of rotatable bonds is 5. The van der Waals surface area contributed by atoms with Crippen molar-refractivity contribution in [3.8, 4) is 5.75 Å². The highest BCUT2D eigenvalue weighted by Crippen LogP contribution is 2.31. The van der Waals surface area contributed by atoms with E-state index in [1.807, 2.05) is 47.9 Å². The molecule has 1 saturated carbocycles. The van der Waals surface area contributed by atoms with Gasteiger partial charge in [0.25, 0.3) is 0 Å². The van der Waals surface area contributed by atoms with Crippen LogP contribution in [0.2, 0.25) is 0 Å². The highest BCUT2D eigenvalue weighted by molar-refractivity contribution is 5.99. The van der Waals surface area contributed by atoms with Crippen LogP contribution in [0.25, 0.3) is 5.52 Å². The van der Waals surface area contributed by atoms with E-state index in [1.165, 1.54) is 19.3 Å². The summed E-state index contributed by atoms with van der Waals surface area (Å²) in [7, 11) is 0. The molecule has 0 unspecified atom stereocenters. The molecule has 0 radical (unpaired) electrons. The minimum atomic E-state index is 0.175. The molecule has 134 valence electrons. The minimum Gasteiger partial charge on any atom is -0.487 e. The number of ether oxygens (including phenoxy) is 1. The van der Waals surface area contributed by atoms with Gasteiger partial charge in [-0.2, -0.15) is 0 Å². The summed E-state index contributed by atoms with van der Waals surface area (Å²) in [5.41, 5.74) is 3.98. The maximum atomic E-state index is 13.1. The van der Waals surface area contributed by atoms with E-state index in [4.69, 9.17) is 4.74 Å². The van der Waals surface area contributed by atoms with Crippen LogP contribution in [0, 0.1) is 12.8 Å². The first kappa shape index (κ1) is 16.9. The predicted octanol–water partition coefficient (Wildman–Crippen LogP) is 5.59. The summed E-state index contributed by atoms with van der Waals surface area (Å²) in [5, 5.41) is 0. The second-order valence-corrected chi connectivity index (χ2v) is 7.28. The van der Waals surface area contributed by atoms with Gasteiger partial charge in [-0.25, -0.2) is 0 Å². The van der Waals surface area contributed by atoms with Crippen molar-refractivity contribution in [3.05, 3.63) is 71.5 Å². The summed E-state index contributed by atoms with van der Waals surface area (Å²) in [4.78, 5) is 13.1. The first-order valence-electron chi connectivity index (χ1n) is 9.55. The molecule has 0 atom stereocenters. The summed E-state index contributed by atoms with van der Waals surface area (Å²) in [5.74, 6) is 1.29. The fourth-order valence-electron chi connectivity index (χ4n) is 4.03. The van der Waals surface area contributed by atoms with Crippen molar-refractivity contribution in [1.82, 2.24) is 4.40 Å². The van der Waals surface area contributed by atoms with Gasteiger partial charge in [0, 0.05) is 12.1 Å². The van der Waals surface area contributed by atoms with E-state index in [-0.39, 0.29) is 5.92 Å². The van der Waals surface area contributed by atoms with E-state index < -0.39 is 0 Å². The van der Waals surface area contributed by atoms with E-state index >= 15 is 0 Å². The molecule has 3 heteroatoms. The molecule has 1 aromatic carbocycles. The molecule has 0 bridgehead atoms. The fourth-order valence-corrected chi connectivity index (χ4v) is 4.03. The van der Waals surface area contributed by atoms with E-state index in [0.29, 0.717) is 12.4 Å². The standard InChI is InChI=1S/C23H25NO2/c1-17-15-20-21(26-16-18-9-4-2-5-10-18)13-8-14-24(20)22(17)23(25)19-11-6-3-7-12-19/h2,4-5,8-10,13-15,19H,3,6-7,11-12,16H2,1H3. The number of carbonyl (C=O) groups excluding carboxylic acids is 1. The van der Waals surface area contributed by atoms with E-state index in [0.717, 1.165) is 40.9 Å². The van der Waals surface area contributed by atoms with Crippen LogP contribution >= 0.6 is 0 Å². The molecule has 2 heterocycles. The minimum absolute atomic E-state index is 0.175. The van der Waals surface area contributed by atoms with Crippen LogP contribution in [0.15, 0.2) is 54.7 Å². The number of hydrogen-bond acceptors (Lipinski definition) is 2. The summed E-state index contributed by atoms with van der Waals surface area (Å²) < 4.78 is 8.09. The van der Waals surface area contributed by atoms with E-state index in [2.05, 4.69) is 18.2 Å². The third-order valence-electron chi connectivity index (χ3n) is 5.41. The third-order valence-corrected chi connectivity index (χ3v) is 5.41. The zero-order valence-corrected chi connectivity index (χ0v) is 15.3. The predicted molar refractivity (Wildman–Crippen MR) is 104 cm³/mol. The zero-order valence-electron chi connectivity index (χ0n) is 15.3. The smallest absolute Gasteiger partial charge is 0.182 e. The number of nitrogens with zero attached hydrogens (tertiary/aromatic N) is 1. The monoisotopic (exact) mass is 347 g/mol. The molecular weight excluding hydrogens is 322 g/mol. The molecule has 1 aliphatic carbocycles. The molecule has 4 rings (SSSR count). The van der Waals surface area contributed by atoms with Crippen molar-refractivity contribution in [2.24, 2.45) is 5.92 Å². The number of fused-ring (bicyclic) bond motifs is 1. The largest absolute Gasteiger partial charge is 0.487 e. The topological polar surface area (TPSA) is 30.7 Å².